The highest BCUT2D eigenvalue weighted by Crippen LogP contribution is 2.74. The van der Waals surface area contributed by atoms with Gasteiger partial charge in [0.15, 0.2) is 0 Å². The first-order valence-corrected chi connectivity index (χ1v) is 15.3. The fraction of sp³-hybridized carbons (Fsp3) is 0.875. The molecule has 2 N–H and O–H groups in total. The highest BCUT2D eigenvalue weighted by Gasteiger charge is 2.71. The molecular formula is C32H50O6. The predicted octanol–water partition coefficient (Wildman–Crippen LogP) is 5.73. The van der Waals surface area contributed by atoms with Gasteiger partial charge in [-0.1, -0.05) is 54.4 Å². The zero-order valence-corrected chi connectivity index (χ0v) is 24.6. The first-order chi connectivity index (χ1) is 17.8. The van der Waals surface area contributed by atoms with Gasteiger partial charge in [0.25, 0.3) is 0 Å². The fourth-order valence-electron chi connectivity index (χ4n) is 10.7. The van der Waals surface area contributed by atoms with Crippen molar-refractivity contribution in [2.24, 2.45) is 39.4 Å². The molecule has 5 aliphatic rings. The molecule has 11 atom stereocenters. The van der Waals surface area contributed by atoms with Crippen LogP contribution in [-0.2, 0) is 19.1 Å². The van der Waals surface area contributed by atoms with E-state index in [1.165, 1.54) is 25.7 Å². The number of fused-ring (bicyclic) bond motifs is 6. The molecule has 5 rings (SSSR count). The molecule has 0 bridgehead atoms. The first-order valence-electron chi connectivity index (χ1n) is 15.3. The van der Waals surface area contributed by atoms with E-state index < -0.39 is 35.8 Å². The Bertz CT molecular complexity index is 1020. The van der Waals surface area contributed by atoms with Crippen LogP contribution in [0.3, 0.4) is 0 Å². The molecule has 0 aromatic rings. The van der Waals surface area contributed by atoms with Gasteiger partial charge < -0.3 is 19.7 Å². The van der Waals surface area contributed by atoms with Gasteiger partial charge >= 0.3 is 11.9 Å². The van der Waals surface area contributed by atoms with Gasteiger partial charge in [-0.3, -0.25) is 4.79 Å². The van der Waals surface area contributed by atoms with Crippen LogP contribution in [0.5, 0.6) is 0 Å². The Morgan fingerprint density at radius 3 is 2.39 bits per heavy atom. The number of esters is 2. The third-order valence-corrected chi connectivity index (χ3v) is 12.8. The molecule has 214 valence electrons. The molecule has 1 heterocycles. The van der Waals surface area contributed by atoms with Crippen molar-refractivity contribution in [1.29, 1.82) is 0 Å². The minimum absolute atomic E-state index is 0.0122. The maximum Gasteiger partial charge on any atom is 0.335 e. The number of carbonyl (C=O) groups excluding carboxylic acids is 2. The Balaban J connectivity index is 1.63. The summed E-state index contributed by atoms with van der Waals surface area (Å²) in [6.45, 7) is 15.5. The summed E-state index contributed by atoms with van der Waals surface area (Å²) < 4.78 is 12.0. The van der Waals surface area contributed by atoms with E-state index in [0.717, 1.165) is 12.8 Å². The lowest BCUT2D eigenvalue weighted by Crippen LogP contribution is -2.67. The molecule has 3 fully saturated rings. The van der Waals surface area contributed by atoms with E-state index in [9.17, 15) is 19.8 Å². The van der Waals surface area contributed by atoms with Gasteiger partial charge in [0.2, 0.25) is 0 Å². The number of carbonyl (C=O) groups is 2. The Labute approximate surface area is 228 Å². The van der Waals surface area contributed by atoms with Crippen LogP contribution < -0.4 is 0 Å². The maximum absolute atomic E-state index is 13.4. The van der Waals surface area contributed by atoms with Crippen LogP contribution >= 0.6 is 0 Å². The smallest absolute Gasteiger partial charge is 0.335 e. The third-order valence-electron chi connectivity index (χ3n) is 12.8. The fourth-order valence-corrected chi connectivity index (χ4v) is 10.7. The SMILES string of the molecule is CCC(O)CC(=O)O[C@@H]1C[C@@H]2[C@@]3(C)CCC[C@](C)(CC)[C@@H]3CC[C@@]2(C)[C@@H]2C[C@@H](O)C3=C(C(=O)O[C@H]3C)[C@@]12C. The largest absolute Gasteiger partial charge is 0.461 e. The Kier molecular flexibility index (Phi) is 6.91. The van der Waals surface area contributed by atoms with E-state index in [1.807, 2.05) is 13.8 Å². The summed E-state index contributed by atoms with van der Waals surface area (Å²) in [5, 5.41) is 21.6. The number of aliphatic hydroxyl groups is 2. The molecule has 0 aromatic heterocycles. The number of rotatable bonds is 5. The molecule has 0 amide bonds. The Morgan fingerprint density at radius 2 is 1.74 bits per heavy atom. The van der Waals surface area contributed by atoms with Crippen molar-refractivity contribution in [2.75, 3.05) is 0 Å². The molecular weight excluding hydrogens is 480 g/mol. The lowest BCUT2D eigenvalue weighted by molar-refractivity contribution is -0.232. The van der Waals surface area contributed by atoms with Gasteiger partial charge in [-0.05, 0) is 85.9 Å². The van der Waals surface area contributed by atoms with Crippen molar-refractivity contribution in [3.63, 3.8) is 0 Å². The molecule has 1 unspecified atom stereocenters. The van der Waals surface area contributed by atoms with E-state index in [-0.39, 0.29) is 29.1 Å². The molecule has 6 nitrogen and oxygen atoms in total. The summed E-state index contributed by atoms with van der Waals surface area (Å²) >= 11 is 0. The van der Waals surface area contributed by atoms with Gasteiger partial charge in [0.05, 0.1) is 24.2 Å². The molecule has 38 heavy (non-hydrogen) atoms. The summed E-state index contributed by atoms with van der Waals surface area (Å²) in [5.74, 6) is 0.138. The normalized spacial score (nSPS) is 48.8. The van der Waals surface area contributed by atoms with Crippen LogP contribution in [0.15, 0.2) is 11.1 Å². The first kappa shape index (κ1) is 28.1. The summed E-state index contributed by atoms with van der Waals surface area (Å²) in [6.07, 6.45) is 6.32. The van der Waals surface area contributed by atoms with Crippen molar-refractivity contribution in [3.05, 3.63) is 11.1 Å². The van der Waals surface area contributed by atoms with Crippen LogP contribution in [0, 0.1) is 39.4 Å². The van der Waals surface area contributed by atoms with Gasteiger partial charge in [-0.2, -0.15) is 0 Å². The van der Waals surface area contributed by atoms with Crippen LogP contribution in [0.1, 0.15) is 113 Å². The van der Waals surface area contributed by atoms with E-state index in [1.54, 1.807) is 0 Å². The van der Waals surface area contributed by atoms with Crippen molar-refractivity contribution >= 4 is 11.9 Å². The molecule has 3 saturated carbocycles. The van der Waals surface area contributed by atoms with Crippen molar-refractivity contribution in [3.8, 4) is 0 Å². The van der Waals surface area contributed by atoms with Crippen molar-refractivity contribution in [2.45, 2.75) is 137 Å². The van der Waals surface area contributed by atoms with Gasteiger partial charge in [-0.25, -0.2) is 4.79 Å². The van der Waals surface area contributed by atoms with Crippen LogP contribution in [0.4, 0.5) is 0 Å². The highest BCUT2D eigenvalue weighted by molar-refractivity contribution is 5.94. The molecule has 0 spiro atoms. The van der Waals surface area contributed by atoms with Crippen LogP contribution in [0.2, 0.25) is 0 Å². The second-order valence-electron chi connectivity index (χ2n) is 14.5. The average molecular weight is 531 g/mol. The lowest BCUT2D eigenvalue weighted by atomic mass is 9.34. The number of aliphatic hydroxyl groups excluding tert-OH is 2. The number of ether oxygens (including phenoxy) is 2. The molecule has 0 aromatic carbocycles. The standard InChI is InChI=1S/C32H50O6/c1-8-19(33)15-25(35)38-24-17-22-30(5)13-10-12-29(4,9-2)21(30)11-14-31(22,6)23-16-20(34)26-18(3)37-28(36)27(26)32(23,24)7/h18-24,33-34H,8-17H2,1-7H3/t18-,19?,20+,21-,22+,23-,24+,29-,30-,31+,32+/m0/s1. The van der Waals surface area contributed by atoms with Crippen molar-refractivity contribution in [1.82, 2.24) is 0 Å². The zero-order valence-electron chi connectivity index (χ0n) is 24.6. The van der Waals surface area contributed by atoms with Gasteiger partial charge in [0, 0.05) is 11.0 Å². The summed E-state index contributed by atoms with van der Waals surface area (Å²) in [5.41, 5.74) is 0.815. The zero-order chi connectivity index (χ0) is 27.8. The number of hydrogen-bond acceptors (Lipinski definition) is 6. The van der Waals surface area contributed by atoms with Crippen LogP contribution in [0.25, 0.3) is 0 Å². The van der Waals surface area contributed by atoms with E-state index in [0.29, 0.717) is 47.7 Å². The topological polar surface area (TPSA) is 93.1 Å². The molecule has 1 aliphatic heterocycles. The molecule has 0 saturated heterocycles. The second kappa shape index (κ2) is 9.33. The third kappa shape index (κ3) is 3.78. The molecule has 0 radical (unpaired) electrons. The average Bonchev–Trinajstić information content (AvgIpc) is 3.16. The van der Waals surface area contributed by atoms with E-state index in [2.05, 4.69) is 34.6 Å². The van der Waals surface area contributed by atoms with E-state index in [4.69, 9.17) is 9.47 Å². The predicted molar refractivity (Wildman–Crippen MR) is 145 cm³/mol. The minimum atomic E-state index is -0.737. The van der Waals surface area contributed by atoms with Gasteiger partial charge in [0.1, 0.15) is 12.2 Å². The minimum Gasteiger partial charge on any atom is -0.461 e. The number of hydrogen-bond donors (Lipinski definition) is 2. The van der Waals surface area contributed by atoms with Gasteiger partial charge in [-0.15, -0.1) is 0 Å². The lowest BCUT2D eigenvalue weighted by Gasteiger charge is -2.70. The van der Waals surface area contributed by atoms with E-state index >= 15 is 0 Å². The second-order valence-corrected chi connectivity index (χ2v) is 14.5. The van der Waals surface area contributed by atoms with Crippen molar-refractivity contribution < 1.29 is 29.3 Å². The van der Waals surface area contributed by atoms with Crippen LogP contribution in [-0.4, -0.2) is 46.6 Å². The molecule has 6 heteroatoms. The summed E-state index contributed by atoms with van der Waals surface area (Å²) in [7, 11) is 0. The monoisotopic (exact) mass is 530 g/mol. The molecule has 4 aliphatic carbocycles. The Morgan fingerprint density at radius 1 is 1.05 bits per heavy atom. The highest BCUT2D eigenvalue weighted by atomic mass is 16.6. The maximum atomic E-state index is 13.4. The number of cyclic esters (lactones) is 1. The summed E-state index contributed by atoms with van der Waals surface area (Å²) in [6, 6.07) is 0. The summed E-state index contributed by atoms with van der Waals surface area (Å²) in [4.78, 5) is 26.6. The quantitative estimate of drug-likeness (QED) is 0.441. The Hall–Kier alpha value is -1.40.